The van der Waals surface area contributed by atoms with Crippen LogP contribution in [0.3, 0.4) is 0 Å². The van der Waals surface area contributed by atoms with E-state index in [1.165, 1.54) is 19.0 Å². The standard InChI is InChI=1S/C26H33F2N9O3S/c27-26(28)7-11-36(12-8-26)24-23(29)30-16-19(31-24)20-17-37(34-32-20)21-2-1-18(33-41(39,40)14-13-38)15-22(21)35-9-5-25(3-4-25)6-10-35/h1-2,15-17,33,38H,3-14H2,(H2,29,30). The van der Waals surface area contributed by atoms with E-state index in [0.29, 0.717) is 34.0 Å². The third-order valence-electron chi connectivity index (χ3n) is 8.31. The molecular weight excluding hydrogens is 556 g/mol. The van der Waals surface area contributed by atoms with E-state index in [0.717, 1.165) is 31.6 Å². The van der Waals surface area contributed by atoms with Gasteiger partial charge in [-0.3, -0.25) is 4.72 Å². The normalized spacial score (nSPS) is 19.9. The van der Waals surface area contributed by atoms with Gasteiger partial charge in [0.1, 0.15) is 11.4 Å². The first-order valence-corrected chi connectivity index (χ1v) is 15.4. The van der Waals surface area contributed by atoms with Gasteiger partial charge in [-0.1, -0.05) is 5.21 Å². The SMILES string of the molecule is Nc1ncc(-c2cn(-c3ccc(NS(=O)(=O)CCO)cc3N3CCC4(CC3)CC4)nn2)nc1N1CCC(F)(F)CC1. The Hall–Kier alpha value is -3.59. The van der Waals surface area contributed by atoms with Gasteiger partial charge in [-0.05, 0) is 49.3 Å². The number of aliphatic hydroxyl groups excluding tert-OH is 1. The molecular formula is C26H33F2N9O3S. The largest absolute Gasteiger partial charge is 0.395 e. The number of nitrogens with zero attached hydrogens (tertiary/aromatic N) is 7. The van der Waals surface area contributed by atoms with Crippen LogP contribution in [0.2, 0.25) is 0 Å². The van der Waals surface area contributed by atoms with Gasteiger partial charge in [-0.25, -0.2) is 31.8 Å². The monoisotopic (exact) mass is 589 g/mol. The Morgan fingerprint density at radius 2 is 1.68 bits per heavy atom. The fraction of sp³-hybridized carbons (Fsp3) is 0.538. The summed E-state index contributed by atoms with van der Waals surface area (Å²) in [5.74, 6) is -2.59. The summed E-state index contributed by atoms with van der Waals surface area (Å²) >= 11 is 0. The maximum Gasteiger partial charge on any atom is 0.251 e. The van der Waals surface area contributed by atoms with Crippen molar-refractivity contribution in [1.82, 2.24) is 25.0 Å². The van der Waals surface area contributed by atoms with E-state index in [2.05, 4.69) is 29.9 Å². The van der Waals surface area contributed by atoms with Gasteiger partial charge in [0.25, 0.3) is 5.92 Å². The summed E-state index contributed by atoms with van der Waals surface area (Å²) in [5, 5.41) is 17.7. The van der Waals surface area contributed by atoms with E-state index in [-0.39, 0.29) is 31.7 Å². The highest BCUT2D eigenvalue weighted by atomic mass is 32.2. The van der Waals surface area contributed by atoms with Gasteiger partial charge in [0.2, 0.25) is 10.0 Å². The summed E-state index contributed by atoms with van der Waals surface area (Å²) in [5.41, 5.74) is 9.24. The summed E-state index contributed by atoms with van der Waals surface area (Å²) in [4.78, 5) is 12.8. The van der Waals surface area contributed by atoms with Crippen LogP contribution < -0.4 is 20.3 Å². The van der Waals surface area contributed by atoms with E-state index in [4.69, 9.17) is 10.8 Å². The zero-order valence-corrected chi connectivity index (χ0v) is 23.3. The molecule has 0 amide bonds. The fourth-order valence-electron chi connectivity index (χ4n) is 5.57. The lowest BCUT2D eigenvalue weighted by Gasteiger charge is -2.35. The predicted octanol–water partition coefficient (Wildman–Crippen LogP) is 2.66. The van der Waals surface area contributed by atoms with Crippen molar-refractivity contribution in [3.63, 3.8) is 0 Å². The molecule has 1 aromatic carbocycles. The highest BCUT2D eigenvalue weighted by molar-refractivity contribution is 7.92. The molecule has 2 aliphatic heterocycles. The Kier molecular flexibility index (Phi) is 6.96. The number of benzene rings is 1. The second-order valence-electron chi connectivity index (χ2n) is 11.2. The van der Waals surface area contributed by atoms with Gasteiger partial charge in [-0.15, -0.1) is 5.10 Å². The number of nitrogens with one attached hydrogen (secondary N) is 1. The highest BCUT2D eigenvalue weighted by Gasteiger charge is 2.44. The topological polar surface area (TPSA) is 155 Å². The summed E-state index contributed by atoms with van der Waals surface area (Å²) in [6, 6.07) is 5.21. The van der Waals surface area contributed by atoms with Crippen molar-refractivity contribution in [1.29, 1.82) is 0 Å². The maximum atomic E-state index is 13.7. The summed E-state index contributed by atoms with van der Waals surface area (Å²) in [7, 11) is -3.70. The van der Waals surface area contributed by atoms with Crippen molar-refractivity contribution in [2.45, 2.75) is 44.4 Å². The Labute approximate surface area is 236 Å². The van der Waals surface area contributed by atoms with Crippen LogP contribution in [0.4, 0.5) is 31.8 Å². The lowest BCUT2D eigenvalue weighted by Crippen LogP contribution is -2.40. The van der Waals surface area contributed by atoms with Crippen LogP contribution in [0.5, 0.6) is 0 Å². The molecule has 0 atom stereocenters. The maximum absolute atomic E-state index is 13.7. The number of nitrogens with two attached hydrogens (primary N) is 1. The Morgan fingerprint density at radius 1 is 0.976 bits per heavy atom. The van der Waals surface area contributed by atoms with Gasteiger partial charge in [0.05, 0.1) is 41.8 Å². The lowest BCUT2D eigenvalue weighted by molar-refractivity contribution is -0.0221. The van der Waals surface area contributed by atoms with Gasteiger partial charge in [0, 0.05) is 39.0 Å². The second kappa shape index (κ2) is 10.4. The molecule has 4 heterocycles. The molecule has 3 aliphatic rings. The van der Waals surface area contributed by atoms with E-state index in [1.54, 1.807) is 34.0 Å². The number of alkyl halides is 2. The van der Waals surface area contributed by atoms with Crippen molar-refractivity contribution in [2.24, 2.45) is 5.41 Å². The number of anilines is 4. The summed E-state index contributed by atoms with van der Waals surface area (Å²) in [6.07, 6.45) is 7.28. The van der Waals surface area contributed by atoms with Crippen molar-refractivity contribution in [3.05, 3.63) is 30.6 Å². The molecule has 2 aromatic heterocycles. The highest BCUT2D eigenvalue weighted by Crippen LogP contribution is 2.54. The molecule has 0 bridgehead atoms. The van der Waals surface area contributed by atoms with Crippen LogP contribution >= 0.6 is 0 Å². The number of rotatable bonds is 8. The summed E-state index contributed by atoms with van der Waals surface area (Å²) in [6.45, 7) is 1.44. The van der Waals surface area contributed by atoms with Crippen LogP contribution in [-0.2, 0) is 10.0 Å². The van der Waals surface area contributed by atoms with E-state index in [1.807, 2.05) is 0 Å². The first-order valence-electron chi connectivity index (χ1n) is 13.7. The quantitative estimate of drug-likeness (QED) is 0.357. The Morgan fingerprint density at radius 3 is 2.37 bits per heavy atom. The number of hydrogen-bond acceptors (Lipinski definition) is 10. The minimum Gasteiger partial charge on any atom is -0.395 e. The molecule has 0 radical (unpaired) electrons. The molecule has 1 saturated carbocycles. The predicted molar refractivity (Wildman–Crippen MR) is 151 cm³/mol. The molecule has 1 aliphatic carbocycles. The van der Waals surface area contributed by atoms with Crippen LogP contribution in [0, 0.1) is 5.41 Å². The Bertz CT molecular complexity index is 1520. The third-order valence-corrected chi connectivity index (χ3v) is 9.58. The van der Waals surface area contributed by atoms with Crippen molar-refractivity contribution >= 4 is 33.0 Å². The van der Waals surface area contributed by atoms with E-state index < -0.39 is 28.3 Å². The van der Waals surface area contributed by atoms with E-state index >= 15 is 0 Å². The van der Waals surface area contributed by atoms with Gasteiger partial charge >= 0.3 is 0 Å². The number of nitrogen functional groups attached to an aromatic ring is 1. The van der Waals surface area contributed by atoms with Crippen LogP contribution in [0.15, 0.2) is 30.6 Å². The number of hydrogen-bond donors (Lipinski definition) is 3. The molecule has 4 N–H and O–H groups in total. The number of halogens is 2. The van der Waals surface area contributed by atoms with Crippen molar-refractivity contribution in [3.8, 4) is 17.1 Å². The first kappa shape index (κ1) is 27.6. The number of piperidine rings is 2. The van der Waals surface area contributed by atoms with Gasteiger partial charge < -0.3 is 20.6 Å². The van der Waals surface area contributed by atoms with Gasteiger partial charge in [0.15, 0.2) is 11.6 Å². The fourth-order valence-corrected chi connectivity index (χ4v) is 6.40. The first-order chi connectivity index (χ1) is 19.6. The molecule has 2 saturated heterocycles. The number of aliphatic hydroxyl groups is 1. The average Bonchev–Trinajstić information content (AvgIpc) is 3.50. The van der Waals surface area contributed by atoms with Crippen molar-refractivity contribution < 1.29 is 22.3 Å². The molecule has 220 valence electrons. The smallest absolute Gasteiger partial charge is 0.251 e. The van der Waals surface area contributed by atoms with Crippen LogP contribution in [-0.4, -0.2) is 82.9 Å². The summed E-state index contributed by atoms with van der Waals surface area (Å²) < 4.78 is 56.2. The minimum atomic E-state index is -3.70. The molecule has 6 rings (SSSR count). The Balaban J connectivity index is 1.30. The number of aromatic nitrogens is 5. The number of sulfonamides is 1. The molecule has 3 fully saturated rings. The van der Waals surface area contributed by atoms with Gasteiger partial charge in [-0.2, -0.15) is 0 Å². The molecule has 0 unspecified atom stereocenters. The molecule has 15 heteroatoms. The molecule has 12 nitrogen and oxygen atoms in total. The second-order valence-corrected chi connectivity index (χ2v) is 13.0. The van der Waals surface area contributed by atoms with E-state index in [9.17, 15) is 17.2 Å². The van der Waals surface area contributed by atoms with Crippen LogP contribution in [0.1, 0.15) is 38.5 Å². The zero-order chi connectivity index (χ0) is 28.8. The van der Waals surface area contributed by atoms with Crippen LogP contribution in [0.25, 0.3) is 17.1 Å². The molecule has 3 aromatic rings. The zero-order valence-electron chi connectivity index (χ0n) is 22.5. The average molecular weight is 590 g/mol. The molecule has 1 spiro atoms. The van der Waals surface area contributed by atoms with Crippen molar-refractivity contribution in [2.75, 3.05) is 58.8 Å². The lowest BCUT2D eigenvalue weighted by atomic mass is 9.93. The minimum absolute atomic E-state index is 0.122. The molecule has 41 heavy (non-hydrogen) atoms. The third kappa shape index (κ3) is 5.91.